The summed E-state index contributed by atoms with van der Waals surface area (Å²) in [5, 5.41) is 15.5. The van der Waals surface area contributed by atoms with Gasteiger partial charge < -0.3 is 24.7 Å². The van der Waals surface area contributed by atoms with Crippen molar-refractivity contribution >= 4 is 57.5 Å². The van der Waals surface area contributed by atoms with E-state index in [2.05, 4.69) is 20.8 Å². The molecule has 0 radical (unpaired) electrons. The molecule has 1 aromatic carbocycles. The minimum atomic E-state index is -0.400. The number of hydrogen-bond acceptors (Lipinski definition) is 9. The quantitative estimate of drug-likeness (QED) is 0.268. The molecule has 2 amide bonds. The van der Waals surface area contributed by atoms with Gasteiger partial charge in [0.05, 0.1) is 24.5 Å². The second-order valence-corrected chi connectivity index (χ2v) is 10.6. The van der Waals surface area contributed by atoms with Crippen molar-refractivity contribution < 1.29 is 23.9 Å². The number of aryl methyl sites for hydroxylation is 1. The Morgan fingerprint density at radius 2 is 1.95 bits per heavy atom. The zero-order valence-electron chi connectivity index (χ0n) is 20.3. The van der Waals surface area contributed by atoms with Crippen molar-refractivity contribution in [3.63, 3.8) is 0 Å². The molecule has 196 valence electrons. The average Bonchev–Trinajstić information content (AvgIpc) is 3.56. The fourth-order valence-corrected chi connectivity index (χ4v) is 5.89. The summed E-state index contributed by atoms with van der Waals surface area (Å²) in [5.41, 5.74) is 1.47. The fourth-order valence-electron chi connectivity index (χ4n) is 3.74. The van der Waals surface area contributed by atoms with Crippen LogP contribution in [0.25, 0.3) is 0 Å². The fraction of sp³-hybridized carbons (Fsp3) is 0.375. The standard InChI is InChI=1S/C24H26ClN5O5S2/c1-3-34-23(33)21-16-5-4-6-17(16)37-22(21)27-20(32)13-36-24-29-28-18(30(24)2)11-26-19(31)12-35-15-9-7-14(25)8-10-15/h7-10H,3-6,11-13H2,1-2H3,(H,26,31)(H,27,32). The SMILES string of the molecule is CCOC(=O)c1c(NC(=O)CSc2nnc(CNC(=O)COc3ccc(Cl)cc3)n2C)sc2c1CCC2. The third-order valence-corrected chi connectivity index (χ3v) is 8.02. The van der Waals surface area contributed by atoms with Gasteiger partial charge in [-0.1, -0.05) is 23.4 Å². The monoisotopic (exact) mass is 563 g/mol. The highest BCUT2D eigenvalue weighted by molar-refractivity contribution is 7.99. The number of rotatable bonds is 11. The van der Waals surface area contributed by atoms with Gasteiger partial charge in [-0.2, -0.15) is 0 Å². The van der Waals surface area contributed by atoms with Crippen LogP contribution in [-0.4, -0.2) is 51.5 Å². The van der Waals surface area contributed by atoms with E-state index in [1.165, 1.54) is 23.1 Å². The summed E-state index contributed by atoms with van der Waals surface area (Å²) in [5.74, 6) is 0.180. The largest absolute Gasteiger partial charge is 0.484 e. The molecule has 0 fully saturated rings. The molecular weight excluding hydrogens is 538 g/mol. The molecule has 0 atom stereocenters. The predicted molar refractivity (Wildman–Crippen MR) is 141 cm³/mol. The molecule has 10 nitrogen and oxygen atoms in total. The van der Waals surface area contributed by atoms with E-state index in [0.717, 1.165) is 29.7 Å². The lowest BCUT2D eigenvalue weighted by molar-refractivity contribution is -0.123. The molecule has 0 unspecified atom stereocenters. The van der Waals surface area contributed by atoms with Crippen molar-refractivity contribution in [3.05, 3.63) is 51.1 Å². The molecule has 0 aliphatic heterocycles. The van der Waals surface area contributed by atoms with Gasteiger partial charge in [0.15, 0.2) is 17.6 Å². The number of nitrogens with one attached hydrogen (secondary N) is 2. The highest BCUT2D eigenvalue weighted by Gasteiger charge is 2.28. The molecule has 2 heterocycles. The van der Waals surface area contributed by atoms with Gasteiger partial charge in [0.25, 0.3) is 5.91 Å². The molecule has 13 heteroatoms. The lowest BCUT2D eigenvalue weighted by atomic mass is 10.1. The molecule has 37 heavy (non-hydrogen) atoms. The Bertz CT molecular complexity index is 1290. The van der Waals surface area contributed by atoms with Crippen molar-refractivity contribution in [1.82, 2.24) is 20.1 Å². The first-order chi connectivity index (χ1) is 17.9. The minimum absolute atomic E-state index is 0.0814. The molecule has 2 N–H and O–H groups in total. The Kier molecular flexibility index (Phi) is 9.06. The van der Waals surface area contributed by atoms with Crippen LogP contribution in [0.15, 0.2) is 29.4 Å². The topological polar surface area (TPSA) is 124 Å². The number of thiophene rings is 1. The van der Waals surface area contributed by atoms with Crippen LogP contribution < -0.4 is 15.4 Å². The highest BCUT2D eigenvalue weighted by Crippen LogP contribution is 2.39. The average molecular weight is 564 g/mol. The van der Waals surface area contributed by atoms with Gasteiger partial charge in [-0.3, -0.25) is 9.59 Å². The van der Waals surface area contributed by atoms with Crippen molar-refractivity contribution in [1.29, 1.82) is 0 Å². The van der Waals surface area contributed by atoms with Gasteiger partial charge in [0.2, 0.25) is 5.91 Å². The number of hydrogen-bond donors (Lipinski definition) is 2. The summed E-state index contributed by atoms with van der Waals surface area (Å²) in [6, 6.07) is 6.72. The summed E-state index contributed by atoms with van der Waals surface area (Å²) in [6.45, 7) is 2.04. The van der Waals surface area contributed by atoms with E-state index in [1.54, 1.807) is 42.8 Å². The third-order valence-electron chi connectivity index (χ3n) is 5.54. The molecule has 0 saturated carbocycles. The first kappa shape index (κ1) is 27.0. The van der Waals surface area contributed by atoms with E-state index < -0.39 is 5.97 Å². The van der Waals surface area contributed by atoms with E-state index in [-0.39, 0.29) is 37.3 Å². The van der Waals surface area contributed by atoms with Gasteiger partial charge in [0, 0.05) is 16.9 Å². The molecule has 0 saturated heterocycles. The zero-order chi connectivity index (χ0) is 26.4. The molecule has 0 bridgehead atoms. The molecule has 2 aromatic heterocycles. The smallest absolute Gasteiger partial charge is 0.341 e. The summed E-state index contributed by atoms with van der Waals surface area (Å²) in [7, 11) is 1.76. The Morgan fingerprint density at radius 3 is 2.70 bits per heavy atom. The maximum absolute atomic E-state index is 12.7. The van der Waals surface area contributed by atoms with Crippen molar-refractivity contribution in [2.45, 2.75) is 37.9 Å². The van der Waals surface area contributed by atoms with Crippen LogP contribution in [0.2, 0.25) is 5.02 Å². The maximum Gasteiger partial charge on any atom is 0.341 e. The number of benzene rings is 1. The number of amides is 2. The molecule has 4 rings (SSSR count). The molecule has 1 aliphatic carbocycles. The second-order valence-electron chi connectivity index (χ2n) is 8.10. The third kappa shape index (κ3) is 6.82. The Balaban J connectivity index is 1.27. The predicted octanol–water partition coefficient (Wildman–Crippen LogP) is 3.62. The van der Waals surface area contributed by atoms with Gasteiger partial charge in [-0.05, 0) is 56.0 Å². The van der Waals surface area contributed by atoms with Crippen LogP contribution in [0.3, 0.4) is 0 Å². The number of carbonyl (C=O) groups is 3. The van der Waals surface area contributed by atoms with Crippen LogP contribution in [0.4, 0.5) is 5.00 Å². The number of nitrogens with zero attached hydrogens (tertiary/aromatic N) is 3. The molecule has 1 aliphatic rings. The van der Waals surface area contributed by atoms with Crippen LogP contribution in [-0.2, 0) is 40.8 Å². The molecular formula is C24H26ClN5O5S2. The summed E-state index contributed by atoms with van der Waals surface area (Å²) >= 11 is 8.49. The van der Waals surface area contributed by atoms with Crippen LogP contribution in [0, 0.1) is 0 Å². The number of aromatic nitrogens is 3. The first-order valence-corrected chi connectivity index (χ1v) is 13.8. The van der Waals surface area contributed by atoms with Gasteiger partial charge in [-0.15, -0.1) is 21.5 Å². The second kappa shape index (κ2) is 12.4. The van der Waals surface area contributed by atoms with Crippen molar-refractivity contribution in [2.24, 2.45) is 7.05 Å². The number of fused-ring (bicyclic) bond motifs is 1. The summed E-state index contributed by atoms with van der Waals surface area (Å²) in [4.78, 5) is 38.4. The normalized spacial score (nSPS) is 12.2. The van der Waals surface area contributed by atoms with Gasteiger partial charge in [-0.25, -0.2) is 4.79 Å². The van der Waals surface area contributed by atoms with E-state index >= 15 is 0 Å². The van der Waals surface area contributed by atoms with E-state index in [0.29, 0.717) is 32.3 Å². The maximum atomic E-state index is 12.7. The number of halogens is 1. The number of thioether (sulfide) groups is 1. The van der Waals surface area contributed by atoms with E-state index in [1.807, 2.05) is 0 Å². The highest BCUT2D eigenvalue weighted by atomic mass is 35.5. The van der Waals surface area contributed by atoms with Crippen LogP contribution in [0.5, 0.6) is 5.75 Å². The number of anilines is 1. The minimum Gasteiger partial charge on any atom is -0.484 e. The Morgan fingerprint density at radius 1 is 1.16 bits per heavy atom. The van der Waals surface area contributed by atoms with Gasteiger partial charge >= 0.3 is 5.97 Å². The molecule has 0 spiro atoms. The van der Waals surface area contributed by atoms with Crippen LogP contribution in [0.1, 0.15) is 40.0 Å². The lowest BCUT2D eigenvalue weighted by Gasteiger charge is -2.08. The Hall–Kier alpha value is -3.09. The zero-order valence-corrected chi connectivity index (χ0v) is 22.7. The van der Waals surface area contributed by atoms with E-state index in [9.17, 15) is 14.4 Å². The van der Waals surface area contributed by atoms with Crippen LogP contribution >= 0.6 is 34.7 Å². The number of carbonyl (C=O) groups excluding carboxylic acids is 3. The molecule has 3 aromatic rings. The van der Waals surface area contributed by atoms with Crippen molar-refractivity contribution in [3.8, 4) is 5.75 Å². The van der Waals surface area contributed by atoms with E-state index in [4.69, 9.17) is 21.1 Å². The first-order valence-electron chi connectivity index (χ1n) is 11.6. The number of ether oxygens (including phenoxy) is 2. The number of esters is 1. The Labute approximate surface area is 227 Å². The van der Waals surface area contributed by atoms with Crippen molar-refractivity contribution in [2.75, 3.05) is 24.3 Å². The summed E-state index contributed by atoms with van der Waals surface area (Å²) < 4.78 is 12.3. The lowest BCUT2D eigenvalue weighted by Crippen LogP contribution is -2.29. The van der Waals surface area contributed by atoms with Gasteiger partial charge in [0.1, 0.15) is 10.8 Å². The summed E-state index contributed by atoms with van der Waals surface area (Å²) in [6.07, 6.45) is 2.72.